The van der Waals surface area contributed by atoms with E-state index in [1.54, 1.807) is 63.2 Å². The highest BCUT2D eigenvalue weighted by Crippen LogP contribution is 2.33. The maximum Gasteiger partial charge on any atom is 0.436 e. The topological polar surface area (TPSA) is 128 Å². The number of nitrogens with one attached hydrogen (secondary N) is 2. The van der Waals surface area contributed by atoms with Crippen LogP contribution in [-0.4, -0.2) is 34.3 Å². The number of carbonyl (C=O) groups is 3. The maximum absolute atomic E-state index is 14.4. The van der Waals surface area contributed by atoms with Crippen LogP contribution in [0.25, 0.3) is 10.2 Å². The summed E-state index contributed by atoms with van der Waals surface area (Å²) in [6, 6.07) is 14.2. The van der Waals surface area contributed by atoms with Crippen molar-refractivity contribution in [1.82, 2.24) is 15.1 Å². The number of thiophene rings is 1. The number of rotatable bonds is 6. The standard InChI is InChI=1S/C25H24FN5O4S/c1-4-35-24(34)31-23-15(20(30-31)28-21(32)14-9-5-8-12-18(14)27)13-19(36-23)22(33)29-25(2,3)16-10-6-7-11-17(16)26/h5-13H,4,27H2,1-3H3,(H,29,33)(H,28,30,32). The fourth-order valence-corrected chi connectivity index (χ4v) is 4.68. The van der Waals surface area contributed by atoms with Crippen molar-refractivity contribution in [1.29, 1.82) is 0 Å². The number of nitrogens with two attached hydrogens (primary N) is 1. The molecule has 2 amide bonds. The number of hydrogen-bond acceptors (Lipinski definition) is 7. The molecular formula is C25H24FN5O4S. The van der Waals surface area contributed by atoms with E-state index in [1.807, 2.05) is 0 Å². The van der Waals surface area contributed by atoms with Gasteiger partial charge in [0, 0.05) is 11.3 Å². The summed E-state index contributed by atoms with van der Waals surface area (Å²) in [7, 11) is 0. The third-order valence-electron chi connectivity index (χ3n) is 5.44. The number of amides is 2. The van der Waals surface area contributed by atoms with E-state index in [2.05, 4.69) is 15.7 Å². The molecule has 4 aromatic rings. The minimum absolute atomic E-state index is 0.0648. The fourth-order valence-electron chi connectivity index (χ4n) is 3.68. The average Bonchev–Trinajstić information content (AvgIpc) is 3.40. The van der Waals surface area contributed by atoms with Gasteiger partial charge in [-0.3, -0.25) is 9.59 Å². The first-order chi connectivity index (χ1) is 17.1. The second-order valence-electron chi connectivity index (χ2n) is 8.39. The van der Waals surface area contributed by atoms with E-state index in [0.29, 0.717) is 15.8 Å². The van der Waals surface area contributed by atoms with Crippen molar-refractivity contribution >= 4 is 51.0 Å². The van der Waals surface area contributed by atoms with Gasteiger partial charge in [-0.25, -0.2) is 9.18 Å². The summed E-state index contributed by atoms with van der Waals surface area (Å²) in [6.07, 6.45) is -0.761. The molecule has 2 heterocycles. The molecule has 186 valence electrons. The first-order valence-electron chi connectivity index (χ1n) is 11.1. The van der Waals surface area contributed by atoms with Gasteiger partial charge in [0.25, 0.3) is 11.8 Å². The number of para-hydroxylation sites is 1. The minimum atomic E-state index is -1.02. The van der Waals surface area contributed by atoms with Crippen molar-refractivity contribution in [3.8, 4) is 0 Å². The average molecular weight is 510 g/mol. The molecule has 0 saturated carbocycles. The Morgan fingerprint density at radius 1 is 1.11 bits per heavy atom. The maximum atomic E-state index is 14.4. The highest BCUT2D eigenvalue weighted by molar-refractivity contribution is 7.20. The number of fused-ring (bicyclic) bond motifs is 1. The van der Waals surface area contributed by atoms with Gasteiger partial charge >= 0.3 is 6.09 Å². The zero-order chi connectivity index (χ0) is 26.0. The van der Waals surface area contributed by atoms with Crippen molar-refractivity contribution in [3.05, 3.63) is 76.4 Å². The number of nitrogens with zero attached hydrogens (tertiary/aromatic N) is 2. The summed E-state index contributed by atoms with van der Waals surface area (Å²) < 4.78 is 20.4. The predicted molar refractivity (Wildman–Crippen MR) is 136 cm³/mol. The molecule has 36 heavy (non-hydrogen) atoms. The molecule has 0 saturated heterocycles. The summed E-state index contributed by atoms with van der Waals surface area (Å²) in [4.78, 5) is 39.0. The van der Waals surface area contributed by atoms with E-state index in [9.17, 15) is 18.8 Å². The molecule has 2 aromatic carbocycles. The Bertz CT molecular complexity index is 1480. The lowest BCUT2D eigenvalue weighted by atomic mass is 9.93. The van der Waals surface area contributed by atoms with E-state index >= 15 is 0 Å². The van der Waals surface area contributed by atoms with Crippen molar-refractivity contribution in [2.24, 2.45) is 0 Å². The van der Waals surface area contributed by atoms with Crippen LogP contribution in [0.3, 0.4) is 0 Å². The monoisotopic (exact) mass is 509 g/mol. The van der Waals surface area contributed by atoms with Gasteiger partial charge in [-0.05, 0) is 45.0 Å². The van der Waals surface area contributed by atoms with Crippen LogP contribution in [0.5, 0.6) is 0 Å². The first-order valence-corrected chi connectivity index (χ1v) is 11.9. The lowest BCUT2D eigenvalue weighted by molar-refractivity contribution is 0.0914. The Balaban J connectivity index is 1.70. The van der Waals surface area contributed by atoms with Gasteiger partial charge < -0.3 is 21.1 Å². The number of carbonyl (C=O) groups excluding carboxylic acids is 3. The zero-order valence-electron chi connectivity index (χ0n) is 19.8. The van der Waals surface area contributed by atoms with Crippen molar-refractivity contribution in [3.63, 3.8) is 0 Å². The van der Waals surface area contributed by atoms with Crippen LogP contribution >= 0.6 is 11.3 Å². The molecule has 0 unspecified atom stereocenters. The molecule has 9 nitrogen and oxygen atoms in total. The smallest absolute Gasteiger partial charge is 0.436 e. The van der Waals surface area contributed by atoms with E-state index in [-0.39, 0.29) is 28.6 Å². The summed E-state index contributed by atoms with van der Waals surface area (Å²) in [5.41, 5.74) is 5.72. The lowest BCUT2D eigenvalue weighted by Gasteiger charge is -2.27. The van der Waals surface area contributed by atoms with Gasteiger partial charge in [-0.15, -0.1) is 16.4 Å². The van der Waals surface area contributed by atoms with Crippen LogP contribution in [0.2, 0.25) is 0 Å². The second kappa shape index (κ2) is 9.78. The van der Waals surface area contributed by atoms with Crippen LogP contribution in [0.15, 0.2) is 54.6 Å². The summed E-state index contributed by atoms with van der Waals surface area (Å²) in [6.45, 7) is 5.13. The van der Waals surface area contributed by atoms with Gasteiger partial charge in [0.2, 0.25) is 0 Å². The number of ether oxygens (including phenoxy) is 1. The molecule has 0 aliphatic heterocycles. The molecule has 0 spiro atoms. The molecule has 2 aromatic heterocycles. The van der Waals surface area contributed by atoms with E-state index in [4.69, 9.17) is 10.5 Å². The number of hydrogen-bond donors (Lipinski definition) is 3. The molecule has 4 N–H and O–H groups in total. The Morgan fingerprint density at radius 3 is 2.50 bits per heavy atom. The quantitative estimate of drug-likeness (QED) is 0.322. The van der Waals surface area contributed by atoms with E-state index in [0.717, 1.165) is 16.0 Å². The van der Waals surface area contributed by atoms with Gasteiger partial charge in [0.1, 0.15) is 10.6 Å². The van der Waals surface area contributed by atoms with E-state index in [1.165, 1.54) is 12.1 Å². The third kappa shape index (κ3) is 4.78. The fraction of sp³-hybridized carbons (Fsp3) is 0.200. The SMILES string of the molecule is CCOC(=O)n1nc(NC(=O)c2ccccc2N)c2cc(C(=O)NC(C)(C)c3ccccc3F)sc21. The largest absolute Gasteiger partial charge is 0.448 e. The molecule has 0 bridgehead atoms. The van der Waals surface area contributed by atoms with Gasteiger partial charge in [-0.1, -0.05) is 30.3 Å². The Hall–Kier alpha value is -4.25. The minimum Gasteiger partial charge on any atom is -0.448 e. The summed E-state index contributed by atoms with van der Waals surface area (Å²) in [5, 5.41) is 10.1. The third-order valence-corrected chi connectivity index (χ3v) is 6.54. The second-order valence-corrected chi connectivity index (χ2v) is 9.42. The molecule has 4 rings (SSSR count). The summed E-state index contributed by atoms with van der Waals surface area (Å²) >= 11 is 0.991. The van der Waals surface area contributed by atoms with Crippen LogP contribution < -0.4 is 16.4 Å². The Labute approximate surface area is 210 Å². The first kappa shape index (κ1) is 24.9. The van der Waals surface area contributed by atoms with Crippen molar-refractivity contribution in [2.45, 2.75) is 26.3 Å². The molecule has 0 aliphatic carbocycles. The molecule has 0 aliphatic rings. The number of benzene rings is 2. The molecule has 11 heteroatoms. The van der Waals surface area contributed by atoms with Gasteiger partial charge in [0.05, 0.1) is 28.0 Å². The lowest BCUT2D eigenvalue weighted by Crippen LogP contribution is -2.41. The highest BCUT2D eigenvalue weighted by Gasteiger charge is 2.29. The van der Waals surface area contributed by atoms with Crippen molar-refractivity contribution < 1.29 is 23.5 Å². The highest BCUT2D eigenvalue weighted by atomic mass is 32.1. The van der Waals surface area contributed by atoms with E-state index < -0.39 is 29.3 Å². The van der Waals surface area contributed by atoms with Crippen LogP contribution in [-0.2, 0) is 10.3 Å². The Kier molecular flexibility index (Phi) is 6.75. The number of halogens is 1. The Morgan fingerprint density at radius 2 is 1.81 bits per heavy atom. The van der Waals surface area contributed by atoms with Gasteiger partial charge in [-0.2, -0.15) is 4.68 Å². The predicted octanol–water partition coefficient (Wildman–Crippen LogP) is 4.74. The molecular weight excluding hydrogens is 485 g/mol. The normalized spacial score (nSPS) is 11.3. The van der Waals surface area contributed by atoms with Gasteiger partial charge in [0.15, 0.2) is 5.82 Å². The molecule has 0 radical (unpaired) electrons. The van der Waals surface area contributed by atoms with Crippen LogP contribution in [0.1, 0.15) is 46.4 Å². The molecule has 0 atom stereocenters. The van der Waals surface area contributed by atoms with Crippen molar-refractivity contribution in [2.75, 3.05) is 17.7 Å². The van der Waals surface area contributed by atoms with Crippen LogP contribution in [0.4, 0.5) is 20.7 Å². The molecule has 0 fully saturated rings. The number of aromatic nitrogens is 2. The van der Waals surface area contributed by atoms with Crippen LogP contribution in [0, 0.1) is 5.82 Å². The number of anilines is 2. The zero-order valence-corrected chi connectivity index (χ0v) is 20.6. The number of nitrogen functional groups attached to an aromatic ring is 1. The summed E-state index contributed by atoms with van der Waals surface area (Å²) in [5.74, 6) is -1.39.